The molecular weight excluding hydrogens is 150 g/mol. The number of sulfonamides is 1. The van der Waals surface area contributed by atoms with Crippen LogP contribution in [-0.4, -0.2) is 13.7 Å². The van der Waals surface area contributed by atoms with Gasteiger partial charge in [-0.1, -0.05) is 13.0 Å². The third-order valence-electron chi connectivity index (χ3n) is 1.74. The van der Waals surface area contributed by atoms with Crippen molar-refractivity contribution in [1.29, 1.82) is 0 Å². The van der Waals surface area contributed by atoms with E-state index in [0.717, 1.165) is 19.3 Å². The summed E-state index contributed by atoms with van der Waals surface area (Å²) < 4.78 is 24.3. The zero-order valence-corrected chi connectivity index (χ0v) is 6.52. The van der Waals surface area contributed by atoms with Crippen molar-refractivity contribution in [2.24, 2.45) is 0 Å². The minimum Gasteiger partial charge on any atom is -0.291 e. The summed E-state index contributed by atoms with van der Waals surface area (Å²) in [6.07, 6.45) is 3.84. The Balaban J connectivity index is 2.58. The fourth-order valence-electron chi connectivity index (χ4n) is 0.893. The Morgan fingerprint density at radius 3 is 2.40 bits per heavy atom. The third-order valence-corrected chi connectivity index (χ3v) is 3.58. The molecule has 4 heteroatoms. The molecule has 0 bridgehead atoms. The summed E-state index contributed by atoms with van der Waals surface area (Å²) in [5.74, 6) is 0. The molecule has 0 aliphatic heterocycles. The van der Waals surface area contributed by atoms with Crippen LogP contribution in [0.25, 0.3) is 0 Å². The Bertz CT molecular complexity index is 216. The van der Waals surface area contributed by atoms with Gasteiger partial charge in [0.2, 0.25) is 10.0 Å². The maximum absolute atomic E-state index is 11.0. The first kappa shape index (κ1) is 7.60. The van der Waals surface area contributed by atoms with Crippen LogP contribution in [0.1, 0.15) is 19.3 Å². The normalized spacial score (nSPS) is 19.6. The van der Waals surface area contributed by atoms with E-state index in [4.69, 9.17) is 0 Å². The second-order valence-corrected chi connectivity index (χ2v) is 4.41. The van der Waals surface area contributed by atoms with E-state index in [9.17, 15) is 8.42 Å². The van der Waals surface area contributed by atoms with Gasteiger partial charge in [0.05, 0.1) is 5.25 Å². The second-order valence-electron chi connectivity index (χ2n) is 2.42. The van der Waals surface area contributed by atoms with Crippen molar-refractivity contribution < 1.29 is 8.42 Å². The van der Waals surface area contributed by atoms with Crippen LogP contribution in [0.15, 0.2) is 12.8 Å². The quantitative estimate of drug-likeness (QED) is 0.659. The lowest BCUT2D eigenvalue weighted by Gasteiger charge is -2.24. The molecule has 0 atom stereocenters. The molecule has 0 aromatic rings. The molecule has 1 N–H and O–H groups in total. The van der Waals surface area contributed by atoms with Crippen LogP contribution in [0.4, 0.5) is 0 Å². The minimum absolute atomic E-state index is 0.162. The highest BCUT2D eigenvalue weighted by atomic mass is 32.2. The monoisotopic (exact) mass is 161 g/mol. The molecule has 1 saturated carbocycles. The lowest BCUT2D eigenvalue weighted by molar-refractivity contribution is 0.473. The van der Waals surface area contributed by atoms with Gasteiger partial charge in [0.25, 0.3) is 0 Å². The molecule has 3 nitrogen and oxygen atoms in total. The summed E-state index contributed by atoms with van der Waals surface area (Å²) in [7, 11) is -3.04. The van der Waals surface area contributed by atoms with Crippen LogP contribution >= 0.6 is 0 Å². The zero-order valence-electron chi connectivity index (χ0n) is 5.71. The third kappa shape index (κ3) is 1.31. The largest absolute Gasteiger partial charge is 0.291 e. The average molecular weight is 161 g/mol. The van der Waals surface area contributed by atoms with E-state index in [1.165, 1.54) is 6.20 Å². The van der Waals surface area contributed by atoms with Crippen molar-refractivity contribution in [2.75, 3.05) is 0 Å². The molecule has 1 aliphatic rings. The van der Waals surface area contributed by atoms with Gasteiger partial charge in [-0.3, -0.25) is 4.72 Å². The Labute approximate surface area is 61.2 Å². The topological polar surface area (TPSA) is 46.2 Å². The summed E-state index contributed by atoms with van der Waals surface area (Å²) in [6.45, 7) is 3.30. The van der Waals surface area contributed by atoms with Crippen LogP contribution in [-0.2, 0) is 10.0 Å². The smallest absolute Gasteiger partial charge is 0.235 e. The van der Waals surface area contributed by atoms with Gasteiger partial charge >= 0.3 is 0 Å². The standard InChI is InChI=1S/C6H11NO2S/c1-2-7-10(8,9)6-4-3-5-6/h2,6-7H,1,3-5H2. The molecule has 1 aliphatic carbocycles. The summed E-state index contributed by atoms with van der Waals surface area (Å²) in [4.78, 5) is 0. The summed E-state index contributed by atoms with van der Waals surface area (Å²) in [5, 5.41) is -0.162. The number of hydrogen-bond acceptors (Lipinski definition) is 2. The van der Waals surface area contributed by atoms with Crippen molar-refractivity contribution in [3.63, 3.8) is 0 Å². The zero-order chi connectivity index (χ0) is 7.61. The van der Waals surface area contributed by atoms with Gasteiger partial charge in [-0.2, -0.15) is 0 Å². The molecule has 1 fully saturated rings. The minimum atomic E-state index is -3.04. The van der Waals surface area contributed by atoms with E-state index in [1.807, 2.05) is 0 Å². The molecule has 0 saturated heterocycles. The van der Waals surface area contributed by atoms with Crippen LogP contribution in [0, 0.1) is 0 Å². The fraction of sp³-hybridized carbons (Fsp3) is 0.667. The van der Waals surface area contributed by atoms with Gasteiger partial charge in [-0.05, 0) is 12.8 Å². The second kappa shape index (κ2) is 2.62. The van der Waals surface area contributed by atoms with E-state index in [1.54, 1.807) is 0 Å². The number of hydrogen-bond donors (Lipinski definition) is 1. The molecule has 0 heterocycles. The first-order valence-corrected chi connectivity index (χ1v) is 4.83. The molecular formula is C6H11NO2S. The first-order chi connectivity index (χ1) is 4.67. The van der Waals surface area contributed by atoms with Crippen molar-refractivity contribution in [2.45, 2.75) is 24.5 Å². The van der Waals surface area contributed by atoms with Crippen molar-refractivity contribution in [1.82, 2.24) is 4.72 Å². The van der Waals surface area contributed by atoms with Gasteiger partial charge in [0.1, 0.15) is 0 Å². The van der Waals surface area contributed by atoms with Crippen LogP contribution in [0.5, 0.6) is 0 Å². The molecule has 0 aromatic heterocycles. The molecule has 0 radical (unpaired) electrons. The number of rotatable bonds is 3. The van der Waals surface area contributed by atoms with Gasteiger partial charge in [0, 0.05) is 6.20 Å². The predicted octanol–water partition coefficient (Wildman–Crippen LogP) is 0.602. The number of nitrogens with one attached hydrogen (secondary N) is 1. The molecule has 10 heavy (non-hydrogen) atoms. The maximum Gasteiger partial charge on any atom is 0.235 e. The molecule has 0 aromatic carbocycles. The first-order valence-electron chi connectivity index (χ1n) is 3.29. The Hall–Kier alpha value is -0.510. The summed E-state index contributed by atoms with van der Waals surface area (Å²) in [6, 6.07) is 0. The SMILES string of the molecule is C=CNS(=O)(=O)C1CCC1. The van der Waals surface area contributed by atoms with Crippen LogP contribution in [0.3, 0.4) is 0 Å². The van der Waals surface area contributed by atoms with Gasteiger partial charge in [-0.15, -0.1) is 0 Å². The van der Waals surface area contributed by atoms with E-state index >= 15 is 0 Å². The maximum atomic E-state index is 11.0. The highest BCUT2D eigenvalue weighted by Gasteiger charge is 2.29. The molecule has 0 unspecified atom stereocenters. The van der Waals surface area contributed by atoms with Gasteiger partial charge < -0.3 is 0 Å². The molecule has 58 valence electrons. The molecule has 0 amide bonds. The average Bonchev–Trinajstić information content (AvgIpc) is 1.56. The Morgan fingerprint density at radius 2 is 2.10 bits per heavy atom. The Kier molecular flexibility index (Phi) is 1.99. The van der Waals surface area contributed by atoms with E-state index in [0.29, 0.717) is 0 Å². The predicted molar refractivity (Wildman–Crippen MR) is 39.9 cm³/mol. The van der Waals surface area contributed by atoms with Crippen LogP contribution in [0.2, 0.25) is 0 Å². The molecule has 0 spiro atoms. The summed E-state index contributed by atoms with van der Waals surface area (Å²) >= 11 is 0. The highest BCUT2D eigenvalue weighted by molar-refractivity contribution is 7.90. The van der Waals surface area contributed by atoms with Crippen molar-refractivity contribution in [3.05, 3.63) is 12.8 Å². The van der Waals surface area contributed by atoms with Crippen LogP contribution < -0.4 is 4.72 Å². The molecule has 1 rings (SSSR count). The van der Waals surface area contributed by atoms with E-state index in [-0.39, 0.29) is 5.25 Å². The van der Waals surface area contributed by atoms with Crippen molar-refractivity contribution in [3.8, 4) is 0 Å². The lowest BCUT2D eigenvalue weighted by Crippen LogP contribution is -2.35. The fourth-order valence-corrected chi connectivity index (χ4v) is 2.27. The van der Waals surface area contributed by atoms with Gasteiger partial charge in [-0.25, -0.2) is 8.42 Å². The van der Waals surface area contributed by atoms with Gasteiger partial charge in [0.15, 0.2) is 0 Å². The Morgan fingerprint density at radius 1 is 1.50 bits per heavy atom. The van der Waals surface area contributed by atoms with E-state index in [2.05, 4.69) is 11.3 Å². The lowest BCUT2D eigenvalue weighted by atomic mass is 10.0. The van der Waals surface area contributed by atoms with E-state index < -0.39 is 10.0 Å². The highest BCUT2D eigenvalue weighted by Crippen LogP contribution is 2.24. The van der Waals surface area contributed by atoms with Crippen molar-refractivity contribution >= 4 is 10.0 Å². The summed E-state index contributed by atoms with van der Waals surface area (Å²) in [5.41, 5.74) is 0.